The fourth-order valence-corrected chi connectivity index (χ4v) is 4.22. The lowest BCUT2D eigenvalue weighted by Crippen LogP contribution is -2.43. The van der Waals surface area contributed by atoms with Gasteiger partial charge < -0.3 is 70.5 Å². The van der Waals surface area contributed by atoms with Crippen molar-refractivity contribution in [3.8, 4) is 0 Å². The number of ether oxygens (including phenoxy) is 6. The zero-order valence-electron chi connectivity index (χ0n) is 30.7. The van der Waals surface area contributed by atoms with Crippen molar-refractivity contribution in [3.63, 3.8) is 0 Å². The van der Waals surface area contributed by atoms with Crippen LogP contribution in [-0.4, -0.2) is 166 Å². The van der Waals surface area contributed by atoms with Crippen LogP contribution >= 0.6 is 0 Å². The summed E-state index contributed by atoms with van der Waals surface area (Å²) < 4.78 is 32.5. The SMILES string of the molecule is NCCCCCC(=O)NC(COCCC(=O)NC(COCCC(=O)O)COCCC(=O)O)COCCC(=O)NC(COCCC(=O)O)COCCC(=O)O. The Morgan fingerprint density at radius 2 is 0.648 bits per heavy atom. The van der Waals surface area contributed by atoms with E-state index in [-0.39, 0.29) is 130 Å². The molecule has 0 aromatic heterocycles. The normalized spacial score (nSPS) is 11.2. The topological polar surface area (TPSA) is 318 Å². The molecule has 0 aromatic carbocycles. The van der Waals surface area contributed by atoms with Crippen LogP contribution < -0.4 is 21.7 Å². The molecule has 0 radical (unpaired) electrons. The summed E-state index contributed by atoms with van der Waals surface area (Å²) in [6.45, 7) is -0.281. The second kappa shape index (κ2) is 33.6. The lowest BCUT2D eigenvalue weighted by atomic mass is 10.2. The van der Waals surface area contributed by atoms with E-state index >= 15 is 0 Å². The van der Waals surface area contributed by atoms with Crippen molar-refractivity contribution in [2.45, 2.75) is 82.3 Å². The minimum atomic E-state index is -1.05. The van der Waals surface area contributed by atoms with E-state index in [4.69, 9.17) is 54.6 Å². The van der Waals surface area contributed by atoms with E-state index in [0.29, 0.717) is 13.0 Å². The van der Waals surface area contributed by atoms with Gasteiger partial charge in [-0.2, -0.15) is 0 Å². The molecule has 0 fully saturated rings. The number of carboxylic acid groups (broad SMARTS) is 4. The van der Waals surface area contributed by atoms with Crippen LogP contribution in [0.1, 0.15) is 64.2 Å². The third-order valence-electron chi connectivity index (χ3n) is 6.91. The molecule has 0 aliphatic rings. The number of carboxylic acids is 4. The molecule has 0 bridgehead atoms. The first-order chi connectivity index (χ1) is 25.8. The predicted octanol–water partition coefficient (Wildman–Crippen LogP) is -1.26. The molecule has 312 valence electrons. The molecular weight excluding hydrogens is 724 g/mol. The molecule has 3 amide bonds. The standard InChI is InChI=1S/C33H58N4O17/c34-11-3-1-2-4-27(38)35-24(18-49-12-5-28(39)36-25(20-51-14-7-30(41)42)21-52-15-8-31(43)44)19-50-13-6-29(40)37-26(22-53-16-9-32(45)46)23-54-17-10-33(47)48/h24-26H,1-23,34H2,(H,35,38)(H,36,39)(H,37,40)(H,41,42)(H,43,44)(H,45,46)(H,47,48). The number of aliphatic carboxylic acids is 4. The van der Waals surface area contributed by atoms with E-state index < -0.39 is 53.8 Å². The Labute approximate surface area is 313 Å². The van der Waals surface area contributed by atoms with E-state index in [1.54, 1.807) is 0 Å². The Morgan fingerprint density at radius 3 is 0.907 bits per heavy atom. The number of hydrogen-bond acceptors (Lipinski definition) is 14. The first kappa shape index (κ1) is 50.0. The Bertz CT molecular complexity index is 983. The van der Waals surface area contributed by atoms with Crippen LogP contribution in [0, 0.1) is 0 Å². The highest BCUT2D eigenvalue weighted by molar-refractivity contribution is 5.77. The summed E-state index contributed by atoms with van der Waals surface area (Å²) in [4.78, 5) is 80.7. The van der Waals surface area contributed by atoms with Crippen molar-refractivity contribution >= 4 is 41.6 Å². The molecule has 21 nitrogen and oxygen atoms in total. The number of nitrogens with one attached hydrogen (secondary N) is 3. The van der Waals surface area contributed by atoms with Gasteiger partial charge in [-0.25, -0.2) is 0 Å². The second-order valence-electron chi connectivity index (χ2n) is 11.9. The zero-order chi connectivity index (χ0) is 40.4. The quantitative estimate of drug-likeness (QED) is 0.0339. The minimum absolute atomic E-state index is 0.0303. The van der Waals surface area contributed by atoms with Crippen LogP contribution in [0.25, 0.3) is 0 Å². The minimum Gasteiger partial charge on any atom is -0.481 e. The van der Waals surface area contributed by atoms with Crippen molar-refractivity contribution in [1.82, 2.24) is 16.0 Å². The van der Waals surface area contributed by atoms with Crippen molar-refractivity contribution in [1.29, 1.82) is 0 Å². The molecule has 0 aromatic rings. The average Bonchev–Trinajstić information content (AvgIpc) is 3.10. The summed E-state index contributed by atoms with van der Waals surface area (Å²) in [7, 11) is 0. The summed E-state index contributed by atoms with van der Waals surface area (Å²) >= 11 is 0. The van der Waals surface area contributed by atoms with Crippen molar-refractivity contribution in [2.24, 2.45) is 5.73 Å². The maximum absolute atomic E-state index is 12.6. The molecule has 0 saturated carbocycles. The van der Waals surface area contributed by atoms with Crippen LogP contribution in [0.5, 0.6) is 0 Å². The number of unbranched alkanes of at least 4 members (excludes halogenated alkanes) is 2. The molecular formula is C33H58N4O17. The van der Waals surface area contributed by atoms with Crippen LogP contribution in [0.15, 0.2) is 0 Å². The van der Waals surface area contributed by atoms with Crippen LogP contribution in [-0.2, 0) is 62.0 Å². The Balaban J connectivity index is 4.98. The number of nitrogens with two attached hydrogens (primary N) is 1. The van der Waals surface area contributed by atoms with E-state index in [1.165, 1.54) is 0 Å². The van der Waals surface area contributed by atoms with Gasteiger partial charge in [0.25, 0.3) is 0 Å². The first-order valence-corrected chi connectivity index (χ1v) is 17.7. The number of hydrogen-bond donors (Lipinski definition) is 8. The third-order valence-corrected chi connectivity index (χ3v) is 6.91. The van der Waals surface area contributed by atoms with E-state index in [9.17, 15) is 33.6 Å². The number of rotatable bonds is 38. The highest BCUT2D eigenvalue weighted by Crippen LogP contribution is 2.02. The molecule has 0 atom stereocenters. The molecule has 54 heavy (non-hydrogen) atoms. The second-order valence-corrected chi connectivity index (χ2v) is 11.9. The molecule has 0 aliphatic carbocycles. The van der Waals surface area contributed by atoms with Crippen molar-refractivity contribution in [2.75, 3.05) is 85.8 Å². The van der Waals surface area contributed by atoms with Gasteiger partial charge in [0.1, 0.15) is 0 Å². The monoisotopic (exact) mass is 782 g/mol. The van der Waals surface area contributed by atoms with Crippen molar-refractivity contribution in [3.05, 3.63) is 0 Å². The third kappa shape index (κ3) is 33.8. The van der Waals surface area contributed by atoms with Gasteiger partial charge in [-0.3, -0.25) is 33.6 Å². The number of amides is 3. The molecule has 0 unspecified atom stereocenters. The van der Waals surface area contributed by atoms with Gasteiger partial charge in [-0.15, -0.1) is 0 Å². The van der Waals surface area contributed by atoms with E-state index in [1.807, 2.05) is 0 Å². The van der Waals surface area contributed by atoms with Crippen LogP contribution in [0.2, 0.25) is 0 Å². The number of carbonyl (C=O) groups is 7. The summed E-state index contributed by atoms with van der Waals surface area (Å²) in [5.74, 6) is -5.34. The summed E-state index contributed by atoms with van der Waals surface area (Å²) in [6, 6.07) is -1.99. The van der Waals surface area contributed by atoms with Crippen LogP contribution in [0.3, 0.4) is 0 Å². The van der Waals surface area contributed by atoms with Gasteiger partial charge in [0.15, 0.2) is 0 Å². The predicted molar refractivity (Wildman–Crippen MR) is 186 cm³/mol. The van der Waals surface area contributed by atoms with Gasteiger partial charge in [0, 0.05) is 19.3 Å². The smallest absolute Gasteiger partial charge is 0.305 e. The zero-order valence-corrected chi connectivity index (χ0v) is 30.7. The molecule has 21 heteroatoms. The fraction of sp³-hybridized carbons (Fsp3) is 0.788. The summed E-state index contributed by atoms with van der Waals surface area (Å²) in [5.41, 5.74) is 5.51. The average molecular weight is 783 g/mol. The maximum atomic E-state index is 12.6. The van der Waals surface area contributed by atoms with Crippen molar-refractivity contribution < 1.29 is 82.4 Å². The molecule has 0 saturated heterocycles. The van der Waals surface area contributed by atoms with E-state index in [2.05, 4.69) is 16.0 Å². The van der Waals surface area contributed by atoms with E-state index in [0.717, 1.165) is 12.8 Å². The Kier molecular flexibility index (Phi) is 31.1. The van der Waals surface area contributed by atoms with Crippen LogP contribution in [0.4, 0.5) is 0 Å². The highest BCUT2D eigenvalue weighted by atomic mass is 16.5. The van der Waals surface area contributed by atoms with Gasteiger partial charge in [0.05, 0.1) is 123 Å². The molecule has 0 aliphatic heterocycles. The summed E-state index contributed by atoms with van der Waals surface area (Å²) in [6.07, 6.45) is 1.28. The van der Waals surface area contributed by atoms with Gasteiger partial charge in [-0.05, 0) is 19.4 Å². The van der Waals surface area contributed by atoms with Gasteiger partial charge >= 0.3 is 23.9 Å². The molecule has 9 N–H and O–H groups in total. The number of carbonyl (C=O) groups excluding carboxylic acids is 3. The lowest BCUT2D eigenvalue weighted by molar-refractivity contribution is -0.139. The summed E-state index contributed by atoms with van der Waals surface area (Å²) in [5, 5.41) is 43.3. The lowest BCUT2D eigenvalue weighted by Gasteiger charge is -2.21. The first-order valence-electron chi connectivity index (χ1n) is 17.7. The van der Waals surface area contributed by atoms with Gasteiger partial charge in [0.2, 0.25) is 17.7 Å². The molecule has 0 heterocycles. The molecule has 0 spiro atoms. The maximum Gasteiger partial charge on any atom is 0.305 e. The highest BCUT2D eigenvalue weighted by Gasteiger charge is 2.18. The van der Waals surface area contributed by atoms with Gasteiger partial charge in [-0.1, -0.05) is 6.42 Å². The largest absolute Gasteiger partial charge is 0.481 e. The fourth-order valence-electron chi connectivity index (χ4n) is 4.22. The Hall–Kier alpha value is -3.99. The molecule has 0 rings (SSSR count). The Morgan fingerprint density at radius 1 is 0.389 bits per heavy atom.